The van der Waals surface area contributed by atoms with E-state index < -0.39 is 10.8 Å². The van der Waals surface area contributed by atoms with E-state index in [-0.39, 0.29) is 11.1 Å². The van der Waals surface area contributed by atoms with Crippen LogP contribution < -0.4 is 4.74 Å². The van der Waals surface area contributed by atoms with Gasteiger partial charge in [0.05, 0.1) is 0 Å². The zero-order valence-electron chi connectivity index (χ0n) is 13.4. The van der Waals surface area contributed by atoms with E-state index in [9.17, 15) is 8.60 Å². The molecule has 0 saturated carbocycles. The molecule has 3 rings (SSSR count). The zero-order chi connectivity index (χ0) is 16.8. The maximum atomic E-state index is 12.9. The molecule has 1 atom stereocenters. The summed E-state index contributed by atoms with van der Waals surface area (Å²) in [6, 6.07) is 14.0. The van der Waals surface area contributed by atoms with E-state index in [1.165, 1.54) is 12.1 Å². The first kappa shape index (κ1) is 17.1. The van der Waals surface area contributed by atoms with Crippen molar-refractivity contribution in [3.63, 3.8) is 0 Å². The minimum Gasteiger partial charge on any atom is -0.489 e. The average Bonchev–Trinajstić information content (AvgIpc) is 2.63. The number of hydrogen-bond donors (Lipinski definition) is 0. The van der Waals surface area contributed by atoms with Crippen LogP contribution in [-0.2, 0) is 27.9 Å². The minimum absolute atomic E-state index is 0.244. The van der Waals surface area contributed by atoms with Crippen molar-refractivity contribution >= 4 is 10.8 Å². The second-order valence-corrected chi connectivity index (χ2v) is 7.61. The lowest BCUT2D eigenvalue weighted by Crippen LogP contribution is -2.25. The number of halogens is 1. The third-order valence-corrected chi connectivity index (χ3v) is 5.92. The quantitative estimate of drug-likeness (QED) is 0.796. The normalized spacial score (nSPS) is 16.7. The highest BCUT2D eigenvalue weighted by Gasteiger charge is 2.20. The second kappa shape index (κ2) is 8.40. The van der Waals surface area contributed by atoms with Crippen molar-refractivity contribution in [3.8, 4) is 5.75 Å². The zero-order valence-corrected chi connectivity index (χ0v) is 14.3. The molecule has 24 heavy (non-hydrogen) atoms. The fraction of sp³-hybridized carbons (Fsp3) is 0.368. The summed E-state index contributed by atoms with van der Waals surface area (Å²) in [6.07, 6.45) is 1.76. The van der Waals surface area contributed by atoms with Crippen LogP contribution in [0, 0.1) is 5.82 Å². The van der Waals surface area contributed by atoms with Crippen molar-refractivity contribution in [2.45, 2.75) is 30.5 Å². The molecule has 0 aromatic heterocycles. The topological polar surface area (TPSA) is 35.5 Å². The van der Waals surface area contributed by atoms with Gasteiger partial charge in [-0.25, -0.2) is 4.39 Å². The number of benzene rings is 2. The fourth-order valence-corrected chi connectivity index (χ4v) is 4.13. The van der Waals surface area contributed by atoms with E-state index >= 15 is 0 Å². The predicted molar refractivity (Wildman–Crippen MR) is 92.9 cm³/mol. The largest absolute Gasteiger partial charge is 0.489 e. The Morgan fingerprint density at radius 2 is 1.62 bits per heavy atom. The molecular formula is C19H21FO3S. The van der Waals surface area contributed by atoms with Gasteiger partial charge in [-0.2, -0.15) is 0 Å². The summed E-state index contributed by atoms with van der Waals surface area (Å²) in [6.45, 7) is 1.83. The standard InChI is InChI=1S/C19H21FO3S/c20-17-5-1-15(2-6-17)13-23-18-7-3-16(4-8-18)14-24(21)19-9-11-22-12-10-19/h1-8,19H,9-14H2. The van der Waals surface area contributed by atoms with Crippen molar-refractivity contribution in [3.05, 3.63) is 65.5 Å². The van der Waals surface area contributed by atoms with Crippen LogP contribution in [-0.4, -0.2) is 22.7 Å². The van der Waals surface area contributed by atoms with Gasteiger partial charge < -0.3 is 9.47 Å². The smallest absolute Gasteiger partial charge is 0.123 e. The first-order chi connectivity index (χ1) is 11.7. The third-order valence-electron chi connectivity index (χ3n) is 4.09. The second-order valence-electron chi connectivity index (χ2n) is 5.90. The first-order valence-electron chi connectivity index (χ1n) is 8.12. The molecule has 0 aliphatic carbocycles. The van der Waals surface area contributed by atoms with Gasteiger partial charge >= 0.3 is 0 Å². The molecule has 2 aromatic carbocycles. The highest BCUT2D eigenvalue weighted by molar-refractivity contribution is 7.84. The molecule has 1 unspecified atom stereocenters. The maximum absolute atomic E-state index is 12.9. The van der Waals surface area contributed by atoms with Crippen molar-refractivity contribution in [2.24, 2.45) is 0 Å². The van der Waals surface area contributed by atoms with E-state index in [0.717, 1.165) is 29.7 Å². The molecule has 128 valence electrons. The summed E-state index contributed by atoms with van der Waals surface area (Å²) in [4.78, 5) is 0. The van der Waals surface area contributed by atoms with Crippen LogP contribution >= 0.6 is 0 Å². The molecule has 5 heteroatoms. The maximum Gasteiger partial charge on any atom is 0.123 e. The van der Waals surface area contributed by atoms with Crippen LogP contribution in [0.15, 0.2) is 48.5 Å². The van der Waals surface area contributed by atoms with Crippen LogP contribution in [0.1, 0.15) is 24.0 Å². The Labute approximate surface area is 144 Å². The van der Waals surface area contributed by atoms with Crippen molar-refractivity contribution in [2.75, 3.05) is 13.2 Å². The van der Waals surface area contributed by atoms with Gasteiger partial charge in [0.15, 0.2) is 0 Å². The summed E-state index contributed by atoms with van der Waals surface area (Å²) in [5.41, 5.74) is 1.97. The van der Waals surface area contributed by atoms with Gasteiger partial charge in [0, 0.05) is 35.0 Å². The summed E-state index contributed by atoms with van der Waals surface area (Å²) in [5, 5.41) is 0.244. The molecule has 2 aromatic rings. The number of hydrogen-bond acceptors (Lipinski definition) is 3. The Morgan fingerprint density at radius 1 is 1.00 bits per heavy atom. The summed E-state index contributed by atoms with van der Waals surface area (Å²) in [7, 11) is -0.856. The Bertz CT molecular complexity index is 664. The van der Waals surface area contributed by atoms with E-state index in [1.54, 1.807) is 12.1 Å². The molecule has 0 radical (unpaired) electrons. The van der Waals surface area contributed by atoms with Crippen LogP contribution in [0.4, 0.5) is 4.39 Å². The lowest BCUT2D eigenvalue weighted by atomic mass is 10.2. The van der Waals surface area contributed by atoms with E-state index in [4.69, 9.17) is 9.47 Å². The molecule has 1 aliphatic heterocycles. The Morgan fingerprint density at radius 3 is 2.29 bits per heavy atom. The summed E-state index contributed by atoms with van der Waals surface area (Å²) in [5.74, 6) is 1.07. The van der Waals surface area contributed by atoms with Gasteiger partial charge in [-0.15, -0.1) is 0 Å². The van der Waals surface area contributed by atoms with Gasteiger partial charge in [-0.3, -0.25) is 4.21 Å². The Kier molecular flexibility index (Phi) is 5.99. The monoisotopic (exact) mass is 348 g/mol. The van der Waals surface area contributed by atoms with Crippen LogP contribution in [0.2, 0.25) is 0 Å². The van der Waals surface area contributed by atoms with Crippen LogP contribution in [0.3, 0.4) is 0 Å². The Hall–Kier alpha value is -1.72. The molecule has 0 amide bonds. The Balaban J connectivity index is 1.51. The van der Waals surface area contributed by atoms with Crippen LogP contribution in [0.5, 0.6) is 5.75 Å². The SMILES string of the molecule is O=S(Cc1ccc(OCc2ccc(F)cc2)cc1)C1CCOCC1. The lowest BCUT2D eigenvalue weighted by Gasteiger charge is -2.21. The number of rotatable bonds is 6. The molecule has 0 spiro atoms. The molecule has 3 nitrogen and oxygen atoms in total. The first-order valence-corrected chi connectivity index (χ1v) is 9.50. The van der Waals surface area contributed by atoms with Gasteiger partial charge in [0.1, 0.15) is 18.2 Å². The third kappa shape index (κ3) is 4.89. The molecule has 1 fully saturated rings. The lowest BCUT2D eigenvalue weighted by molar-refractivity contribution is 0.0992. The van der Waals surface area contributed by atoms with Gasteiger partial charge in [0.2, 0.25) is 0 Å². The fourth-order valence-electron chi connectivity index (χ4n) is 2.65. The van der Waals surface area contributed by atoms with E-state index in [0.29, 0.717) is 25.6 Å². The summed E-state index contributed by atoms with van der Waals surface area (Å²) < 4.78 is 36.3. The van der Waals surface area contributed by atoms with Gasteiger partial charge in [-0.1, -0.05) is 24.3 Å². The number of ether oxygens (including phenoxy) is 2. The van der Waals surface area contributed by atoms with Gasteiger partial charge in [-0.05, 0) is 48.2 Å². The van der Waals surface area contributed by atoms with Crippen LogP contribution in [0.25, 0.3) is 0 Å². The van der Waals surface area contributed by atoms with Crippen molar-refractivity contribution in [1.82, 2.24) is 0 Å². The highest BCUT2D eigenvalue weighted by atomic mass is 32.2. The predicted octanol–water partition coefficient (Wildman–Crippen LogP) is 3.83. The van der Waals surface area contributed by atoms with E-state index in [1.807, 2.05) is 24.3 Å². The highest BCUT2D eigenvalue weighted by Crippen LogP contribution is 2.19. The van der Waals surface area contributed by atoms with Gasteiger partial charge in [0.25, 0.3) is 0 Å². The molecule has 0 bridgehead atoms. The average molecular weight is 348 g/mol. The van der Waals surface area contributed by atoms with E-state index in [2.05, 4.69) is 0 Å². The molecule has 1 heterocycles. The molecule has 1 aliphatic rings. The molecular weight excluding hydrogens is 327 g/mol. The van der Waals surface area contributed by atoms with Crippen molar-refractivity contribution < 1.29 is 18.1 Å². The minimum atomic E-state index is -0.856. The van der Waals surface area contributed by atoms with Crippen molar-refractivity contribution in [1.29, 1.82) is 0 Å². The molecule has 1 saturated heterocycles. The molecule has 0 N–H and O–H groups in total. The summed E-state index contributed by atoms with van der Waals surface area (Å²) >= 11 is 0.